The van der Waals surface area contributed by atoms with E-state index in [1.165, 1.54) is 0 Å². The van der Waals surface area contributed by atoms with E-state index in [1.807, 2.05) is 47.6 Å². The first-order chi connectivity index (χ1) is 11.5. The average molecular weight is 353 g/mol. The van der Waals surface area contributed by atoms with E-state index in [4.69, 9.17) is 9.26 Å². The van der Waals surface area contributed by atoms with Gasteiger partial charge in [-0.25, -0.2) is 4.79 Å². The van der Waals surface area contributed by atoms with Crippen molar-refractivity contribution in [2.45, 2.75) is 65.6 Å². The zero-order valence-electron chi connectivity index (χ0n) is 16.3. The van der Waals surface area contributed by atoms with Gasteiger partial charge in [0.2, 0.25) is 0 Å². The normalized spacial score (nSPS) is 12.7. The van der Waals surface area contributed by atoms with Gasteiger partial charge in [-0.3, -0.25) is 4.99 Å². The number of hydrogen-bond donors (Lipinski definition) is 3. The van der Waals surface area contributed by atoms with Crippen molar-refractivity contribution >= 4 is 12.1 Å². The summed E-state index contributed by atoms with van der Waals surface area (Å²) in [6.07, 6.45) is 0.386. The predicted octanol–water partition coefficient (Wildman–Crippen LogP) is 2.21. The van der Waals surface area contributed by atoms with Gasteiger partial charge in [0.25, 0.3) is 0 Å². The molecule has 8 heteroatoms. The van der Waals surface area contributed by atoms with Crippen molar-refractivity contribution in [2.24, 2.45) is 4.99 Å². The van der Waals surface area contributed by atoms with Crippen molar-refractivity contribution in [1.29, 1.82) is 0 Å². The van der Waals surface area contributed by atoms with Gasteiger partial charge in [-0.15, -0.1) is 0 Å². The first-order valence-electron chi connectivity index (χ1n) is 8.45. The van der Waals surface area contributed by atoms with E-state index in [-0.39, 0.29) is 0 Å². The summed E-state index contributed by atoms with van der Waals surface area (Å²) in [4.78, 5) is 16.1. The third kappa shape index (κ3) is 8.42. The van der Waals surface area contributed by atoms with Crippen molar-refractivity contribution in [3.8, 4) is 0 Å². The van der Waals surface area contributed by atoms with Crippen LogP contribution in [0, 0.1) is 0 Å². The Labute approximate surface area is 149 Å². The van der Waals surface area contributed by atoms with Gasteiger partial charge in [0.1, 0.15) is 5.60 Å². The van der Waals surface area contributed by atoms with Crippen molar-refractivity contribution in [1.82, 2.24) is 21.1 Å². The van der Waals surface area contributed by atoms with Gasteiger partial charge in [-0.05, 0) is 41.0 Å². The second-order valence-electron chi connectivity index (χ2n) is 7.43. The molecule has 0 saturated carbocycles. The van der Waals surface area contributed by atoms with Gasteiger partial charge in [0.15, 0.2) is 11.7 Å². The standard InChI is InChI=1S/C17H31N5O3/c1-8-12-9-13(25-22-12)10-19-14(18-7)20-11-17(5,6)21-15(23)24-16(2,3)4/h9H,8,10-11H2,1-7H3,(H,21,23)(H2,18,19,20). The molecule has 1 amide bonds. The zero-order chi connectivity index (χ0) is 19.1. The third-order valence-electron chi connectivity index (χ3n) is 3.16. The van der Waals surface area contributed by atoms with Crippen LogP contribution in [0.25, 0.3) is 0 Å². The Hall–Kier alpha value is -2.25. The molecule has 0 aliphatic rings. The van der Waals surface area contributed by atoms with Crippen molar-refractivity contribution in [2.75, 3.05) is 13.6 Å². The summed E-state index contributed by atoms with van der Waals surface area (Å²) in [5, 5.41) is 13.1. The fraction of sp³-hybridized carbons (Fsp3) is 0.706. The maximum absolute atomic E-state index is 11.9. The minimum absolute atomic E-state index is 0.448. The zero-order valence-corrected chi connectivity index (χ0v) is 16.3. The van der Waals surface area contributed by atoms with Crippen LogP contribution in [0.2, 0.25) is 0 Å². The molecule has 0 aliphatic carbocycles. The van der Waals surface area contributed by atoms with Crippen LogP contribution in [0.5, 0.6) is 0 Å². The van der Waals surface area contributed by atoms with Crippen molar-refractivity contribution in [3.05, 3.63) is 17.5 Å². The number of alkyl carbamates (subject to hydrolysis) is 1. The molecular weight excluding hydrogens is 322 g/mol. The monoisotopic (exact) mass is 353 g/mol. The van der Waals surface area contributed by atoms with Crippen LogP contribution < -0.4 is 16.0 Å². The van der Waals surface area contributed by atoms with Crippen LogP contribution in [0.4, 0.5) is 4.79 Å². The molecule has 0 spiro atoms. The molecule has 0 atom stereocenters. The predicted molar refractivity (Wildman–Crippen MR) is 97.5 cm³/mol. The number of hydrogen-bond acceptors (Lipinski definition) is 5. The fourth-order valence-electron chi connectivity index (χ4n) is 1.93. The van der Waals surface area contributed by atoms with E-state index in [0.717, 1.165) is 17.9 Å². The first-order valence-corrected chi connectivity index (χ1v) is 8.45. The molecule has 142 valence electrons. The Balaban J connectivity index is 2.45. The molecule has 1 rings (SSSR count). The fourth-order valence-corrected chi connectivity index (χ4v) is 1.93. The molecule has 0 radical (unpaired) electrons. The Morgan fingerprint density at radius 2 is 1.96 bits per heavy atom. The smallest absolute Gasteiger partial charge is 0.408 e. The van der Waals surface area contributed by atoms with Crippen LogP contribution in [0.15, 0.2) is 15.6 Å². The first kappa shape index (κ1) is 20.8. The third-order valence-corrected chi connectivity index (χ3v) is 3.16. The van der Waals surface area contributed by atoms with E-state index in [0.29, 0.717) is 19.0 Å². The van der Waals surface area contributed by atoms with E-state index in [9.17, 15) is 4.79 Å². The summed E-state index contributed by atoms with van der Waals surface area (Å²) in [5.74, 6) is 1.35. The maximum atomic E-state index is 11.9. The molecule has 0 aromatic carbocycles. The SMILES string of the molecule is CCc1cc(CNC(=NC)NCC(C)(C)NC(=O)OC(C)(C)C)on1. The highest BCUT2D eigenvalue weighted by molar-refractivity contribution is 5.79. The summed E-state index contributed by atoms with van der Waals surface area (Å²) < 4.78 is 10.5. The van der Waals surface area contributed by atoms with Gasteiger partial charge in [-0.1, -0.05) is 12.1 Å². The van der Waals surface area contributed by atoms with Gasteiger partial charge >= 0.3 is 6.09 Å². The summed E-state index contributed by atoms with van der Waals surface area (Å²) in [6, 6.07) is 1.91. The summed E-state index contributed by atoms with van der Waals surface area (Å²) in [7, 11) is 1.68. The van der Waals surface area contributed by atoms with Gasteiger partial charge in [0, 0.05) is 19.7 Å². The second kappa shape index (κ2) is 8.73. The van der Waals surface area contributed by atoms with Gasteiger partial charge < -0.3 is 25.2 Å². The van der Waals surface area contributed by atoms with E-state index in [2.05, 4.69) is 26.1 Å². The van der Waals surface area contributed by atoms with E-state index in [1.54, 1.807) is 7.05 Å². The number of carbonyl (C=O) groups is 1. The quantitative estimate of drug-likeness (QED) is 0.535. The topological polar surface area (TPSA) is 101 Å². The van der Waals surface area contributed by atoms with Gasteiger partial charge in [-0.2, -0.15) is 0 Å². The van der Waals surface area contributed by atoms with Crippen LogP contribution in [-0.2, 0) is 17.7 Å². The van der Waals surface area contributed by atoms with Crippen molar-refractivity contribution < 1.29 is 14.1 Å². The lowest BCUT2D eigenvalue weighted by molar-refractivity contribution is 0.0474. The molecule has 8 nitrogen and oxygen atoms in total. The minimum atomic E-state index is -0.528. The van der Waals surface area contributed by atoms with Crippen LogP contribution in [0.3, 0.4) is 0 Å². The van der Waals surface area contributed by atoms with E-state index >= 15 is 0 Å². The van der Waals surface area contributed by atoms with Crippen LogP contribution in [-0.4, -0.2) is 41.9 Å². The lowest BCUT2D eigenvalue weighted by Gasteiger charge is -2.29. The molecule has 1 aromatic heterocycles. The summed E-state index contributed by atoms with van der Waals surface area (Å²) >= 11 is 0. The lowest BCUT2D eigenvalue weighted by Crippen LogP contribution is -2.54. The number of aromatic nitrogens is 1. The van der Waals surface area contributed by atoms with Crippen LogP contribution in [0.1, 0.15) is 53.0 Å². The second-order valence-corrected chi connectivity index (χ2v) is 7.43. The molecule has 3 N–H and O–H groups in total. The highest BCUT2D eigenvalue weighted by atomic mass is 16.6. The number of guanidine groups is 1. The number of rotatable bonds is 6. The molecule has 0 unspecified atom stereocenters. The summed E-state index contributed by atoms with van der Waals surface area (Å²) in [5.41, 5.74) is -0.122. The number of amides is 1. The number of nitrogens with zero attached hydrogens (tertiary/aromatic N) is 2. The highest BCUT2D eigenvalue weighted by Gasteiger charge is 2.24. The molecule has 25 heavy (non-hydrogen) atoms. The highest BCUT2D eigenvalue weighted by Crippen LogP contribution is 2.09. The molecule has 0 aliphatic heterocycles. The molecule has 1 aromatic rings. The Kier molecular flexibility index (Phi) is 7.26. The molecule has 0 bridgehead atoms. The largest absolute Gasteiger partial charge is 0.444 e. The number of ether oxygens (including phenoxy) is 1. The lowest BCUT2D eigenvalue weighted by atomic mass is 10.1. The number of carbonyl (C=O) groups excluding carboxylic acids is 1. The van der Waals surface area contributed by atoms with Crippen LogP contribution >= 0.6 is 0 Å². The molecule has 1 heterocycles. The number of aryl methyl sites for hydroxylation is 1. The number of aliphatic imine (C=N–C) groups is 1. The summed E-state index contributed by atoms with van der Waals surface area (Å²) in [6.45, 7) is 12.3. The molecular formula is C17H31N5O3. The molecule has 0 saturated heterocycles. The van der Waals surface area contributed by atoms with Gasteiger partial charge in [0.05, 0.1) is 17.8 Å². The average Bonchev–Trinajstić information content (AvgIpc) is 2.92. The Bertz CT molecular complexity index is 587. The minimum Gasteiger partial charge on any atom is -0.444 e. The van der Waals surface area contributed by atoms with E-state index < -0.39 is 17.2 Å². The molecule has 0 fully saturated rings. The maximum Gasteiger partial charge on any atom is 0.408 e. The number of nitrogens with one attached hydrogen (secondary N) is 3. The van der Waals surface area contributed by atoms with Crippen molar-refractivity contribution in [3.63, 3.8) is 0 Å². The Morgan fingerprint density at radius 3 is 2.48 bits per heavy atom. The Morgan fingerprint density at radius 1 is 1.28 bits per heavy atom.